The molecule has 2 aromatic rings. The molecule has 1 fully saturated rings. The lowest BCUT2D eigenvalue weighted by Crippen LogP contribution is -2.42. The lowest BCUT2D eigenvalue weighted by Gasteiger charge is -2.31. The summed E-state index contributed by atoms with van der Waals surface area (Å²) in [5.41, 5.74) is 0.894. The third-order valence-corrected chi connectivity index (χ3v) is 6.15. The van der Waals surface area contributed by atoms with Gasteiger partial charge in [-0.05, 0) is 25.1 Å². The van der Waals surface area contributed by atoms with Crippen LogP contribution in [0.4, 0.5) is 4.39 Å². The predicted molar refractivity (Wildman–Crippen MR) is 92.2 cm³/mol. The highest BCUT2D eigenvalue weighted by Gasteiger charge is 2.31. The Labute approximate surface area is 151 Å². The standard InChI is InChI=1S/C16H19ClFN3O3S/c1-2-20-9-13(8-19-20)16-10-21(5-6-24-16)25(22,23)11-12-7-14(17)3-4-15(12)18/h3-4,7-9,16H,2,5-6,10-11H2,1H3/t16-/m1/s1. The van der Waals surface area contributed by atoms with E-state index in [9.17, 15) is 12.8 Å². The number of ether oxygens (including phenoxy) is 1. The average Bonchev–Trinajstić information content (AvgIpc) is 3.07. The highest BCUT2D eigenvalue weighted by Crippen LogP contribution is 2.26. The Morgan fingerprint density at radius 3 is 2.96 bits per heavy atom. The fourth-order valence-electron chi connectivity index (χ4n) is 2.74. The Kier molecular flexibility index (Phi) is 5.43. The van der Waals surface area contributed by atoms with Crippen molar-refractivity contribution in [1.29, 1.82) is 0 Å². The number of nitrogens with zero attached hydrogens (tertiary/aromatic N) is 3. The van der Waals surface area contributed by atoms with Gasteiger partial charge in [-0.25, -0.2) is 12.8 Å². The first-order chi connectivity index (χ1) is 11.9. The van der Waals surface area contributed by atoms with Crippen LogP contribution in [-0.4, -0.2) is 42.2 Å². The lowest BCUT2D eigenvalue weighted by atomic mass is 10.2. The van der Waals surface area contributed by atoms with E-state index in [1.807, 2.05) is 13.1 Å². The van der Waals surface area contributed by atoms with Crippen LogP contribution in [0.2, 0.25) is 5.02 Å². The quantitative estimate of drug-likeness (QED) is 0.791. The summed E-state index contributed by atoms with van der Waals surface area (Å²) in [5.74, 6) is -1.01. The van der Waals surface area contributed by atoms with Crippen LogP contribution in [0, 0.1) is 5.82 Å². The average molecular weight is 388 g/mol. The molecule has 0 aliphatic carbocycles. The Morgan fingerprint density at radius 1 is 1.44 bits per heavy atom. The number of sulfonamides is 1. The van der Waals surface area contributed by atoms with Crippen molar-refractivity contribution in [3.05, 3.63) is 52.6 Å². The lowest BCUT2D eigenvalue weighted by molar-refractivity contribution is -0.00265. The van der Waals surface area contributed by atoms with Gasteiger partial charge < -0.3 is 4.74 Å². The molecule has 0 bridgehead atoms. The summed E-state index contributed by atoms with van der Waals surface area (Å²) in [5, 5.41) is 4.49. The first kappa shape index (κ1) is 18.3. The van der Waals surface area contributed by atoms with Crippen molar-refractivity contribution in [3.63, 3.8) is 0 Å². The molecule has 1 aliphatic rings. The Morgan fingerprint density at radius 2 is 2.24 bits per heavy atom. The minimum absolute atomic E-state index is 0.0642. The largest absolute Gasteiger partial charge is 0.371 e. The van der Waals surface area contributed by atoms with E-state index in [2.05, 4.69) is 5.10 Å². The van der Waals surface area contributed by atoms with Crippen molar-refractivity contribution in [2.75, 3.05) is 19.7 Å². The van der Waals surface area contributed by atoms with Crippen molar-refractivity contribution >= 4 is 21.6 Å². The van der Waals surface area contributed by atoms with E-state index in [0.29, 0.717) is 5.02 Å². The van der Waals surface area contributed by atoms with Crippen molar-refractivity contribution in [3.8, 4) is 0 Å². The van der Waals surface area contributed by atoms with Gasteiger partial charge in [-0.15, -0.1) is 0 Å². The third kappa shape index (κ3) is 4.20. The Bertz CT molecular complexity index is 856. The zero-order valence-corrected chi connectivity index (χ0v) is 15.3. The molecule has 25 heavy (non-hydrogen) atoms. The van der Waals surface area contributed by atoms with Gasteiger partial charge in [0.2, 0.25) is 10.0 Å². The van der Waals surface area contributed by atoms with Crippen molar-refractivity contribution in [2.45, 2.75) is 25.3 Å². The van der Waals surface area contributed by atoms with Crippen molar-refractivity contribution in [2.24, 2.45) is 0 Å². The number of halogens is 2. The smallest absolute Gasteiger partial charge is 0.218 e. The molecule has 1 aliphatic heterocycles. The molecule has 3 rings (SSSR count). The summed E-state index contributed by atoms with van der Waals surface area (Å²) in [7, 11) is -3.69. The van der Waals surface area contributed by atoms with Gasteiger partial charge in [-0.2, -0.15) is 9.40 Å². The van der Waals surface area contributed by atoms with Gasteiger partial charge >= 0.3 is 0 Å². The number of aromatic nitrogens is 2. The topological polar surface area (TPSA) is 64.4 Å². The highest BCUT2D eigenvalue weighted by molar-refractivity contribution is 7.88. The summed E-state index contributed by atoms with van der Waals surface area (Å²) in [4.78, 5) is 0. The van der Waals surface area contributed by atoms with Gasteiger partial charge in [-0.1, -0.05) is 11.6 Å². The third-order valence-electron chi connectivity index (χ3n) is 4.12. The Hall–Kier alpha value is -1.48. The molecule has 6 nitrogen and oxygen atoms in total. The van der Waals surface area contributed by atoms with Crippen LogP contribution < -0.4 is 0 Å². The molecule has 136 valence electrons. The number of aryl methyl sites for hydroxylation is 1. The first-order valence-corrected chi connectivity index (χ1v) is 9.93. The summed E-state index contributed by atoms with van der Waals surface area (Å²) >= 11 is 5.85. The molecular formula is C16H19ClFN3O3S. The maximum Gasteiger partial charge on any atom is 0.218 e. The number of morpholine rings is 1. The molecule has 0 radical (unpaired) electrons. The molecule has 1 aromatic heterocycles. The van der Waals surface area contributed by atoms with Gasteiger partial charge in [0.1, 0.15) is 5.82 Å². The SMILES string of the molecule is CCn1cc([C@H]2CN(S(=O)(=O)Cc3cc(Cl)ccc3F)CCO2)cn1. The highest BCUT2D eigenvalue weighted by atomic mass is 35.5. The van der Waals surface area contributed by atoms with Crippen LogP contribution in [0.3, 0.4) is 0 Å². The maximum absolute atomic E-state index is 13.9. The number of hydrogen-bond acceptors (Lipinski definition) is 4. The van der Waals surface area contributed by atoms with E-state index in [1.165, 1.54) is 22.5 Å². The summed E-state index contributed by atoms with van der Waals surface area (Å²) in [6.07, 6.45) is 3.14. The first-order valence-electron chi connectivity index (χ1n) is 7.94. The van der Waals surface area contributed by atoms with Gasteiger partial charge in [0.25, 0.3) is 0 Å². The van der Waals surface area contributed by atoms with E-state index in [4.69, 9.17) is 16.3 Å². The molecule has 9 heteroatoms. The summed E-state index contributed by atoms with van der Waals surface area (Å²) < 4.78 is 48.0. The van der Waals surface area contributed by atoms with Crippen LogP contribution in [0.25, 0.3) is 0 Å². The number of benzene rings is 1. The van der Waals surface area contributed by atoms with Crippen LogP contribution in [0.15, 0.2) is 30.6 Å². The Balaban J connectivity index is 1.76. The molecule has 0 amide bonds. The van der Waals surface area contributed by atoms with E-state index < -0.39 is 21.6 Å². The van der Waals surface area contributed by atoms with Crippen LogP contribution in [0.1, 0.15) is 24.2 Å². The normalized spacial score (nSPS) is 19.2. The fourth-order valence-corrected chi connectivity index (χ4v) is 4.45. The van der Waals surface area contributed by atoms with E-state index in [-0.39, 0.29) is 31.4 Å². The van der Waals surface area contributed by atoms with Crippen LogP contribution in [-0.2, 0) is 27.1 Å². The maximum atomic E-state index is 13.9. The van der Waals surface area contributed by atoms with Crippen LogP contribution in [0.5, 0.6) is 0 Å². The fraction of sp³-hybridized carbons (Fsp3) is 0.438. The molecule has 0 N–H and O–H groups in total. The zero-order chi connectivity index (χ0) is 18.0. The van der Waals surface area contributed by atoms with E-state index in [1.54, 1.807) is 10.9 Å². The molecule has 0 spiro atoms. The molecule has 0 saturated carbocycles. The summed E-state index contributed by atoms with van der Waals surface area (Å²) in [6, 6.07) is 3.91. The van der Waals surface area contributed by atoms with Crippen molar-refractivity contribution in [1.82, 2.24) is 14.1 Å². The second kappa shape index (κ2) is 7.41. The second-order valence-corrected chi connectivity index (χ2v) is 8.24. The van der Waals surface area contributed by atoms with E-state index >= 15 is 0 Å². The van der Waals surface area contributed by atoms with Gasteiger partial charge in [0.15, 0.2) is 0 Å². The number of hydrogen-bond donors (Lipinski definition) is 0. The predicted octanol–water partition coefficient (Wildman–Crippen LogP) is 2.60. The van der Waals surface area contributed by atoms with Gasteiger partial charge in [0, 0.05) is 42.0 Å². The molecule has 1 saturated heterocycles. The molecule has 1 aromatic carbocycles. The summed E-state index contributed by atoms with van der Waals surface area (Å²) in [6.45, 7) is 3.39. The molecule has 1 atom stereocenters. The minimum Gasteiger partial charge on any atom is -0.371 e. The van der Waals surface area contributed by atoms with E-state index in [0.717, 1.165) is 12.1 Å². The number of rotatable bonds is 5. The molecule has 0 unspecified atom stereocenters. The molecular weight excluding hydrogens is 369 g/mol. The monoisotopic (exact) mass is 387 g/mol. The van der Waals surface area contributed by atoms with Gasteiger partial charge in [-0.3, -0.25) is 4.68 Å². The van der Waals surface area contributed by atoms with Gasteiger partial charge in [0.05, 0.1) is 24.7 Å². The van der Waals surface area contributed by atoms with Crippen LogP contribution >= 0.6 is 11.6 Å². The second-order valence-electron chi connectivity index (χ2n) is 5.84. The zero-order valence-electron chi connectivity index (χ0n) is 13.7. The minimum atomic E-state index is -3.69. The molecule has 2 heterocycles. The van der Waals surface area contributed by atoms with Crippen molar-refractivity contribution < 1.29 is 17.5 Å².